The monoisotopic (exact) mass is 277 g/mol. The first kappa shape index (κ1) is 14.1. The molecule has 1 atom stereocenters. The second-order valence-corrected chi connectivity index (χ2v) is 5.78. The predicted octanol–water partition coefficient (Wildman–Crippen LogP) is 3.65. The summed E-state index contributed by atoms with van der Waals surface area (Å²) in [6.45, 7) is 4.36. The maximum Gasteiger partial charge on any atom is 0.108 e. The minimum Gasteiger partial charge on any atom is -0.342 e. The fourth-order valence-electron chi connectivity index (χ4n) is 2.18. The molecule has 3 nitrogen and oxygen atoms in total. The molecule has 0 spiro atoms. The van der Waals surface area contributed by atoms with E-state index < -0.39 is 0 Å². The van der Waals surface area contributed by atoms with Gasteiger partial charge in [0.1, 0.15) is 5.82 Å². The van der Waals surface area contributed by atoms with E-state index in [1.165, 1.54) is 0 Å². The van der Waals surface area contributed by atoms with Gasteiger partial charge in [0, 0.05) is 17.5 Å². The number of hydrogen-bond acceptors (Lipinski definition) is 2. The Labute approximate surface area is 119 Å². The highest BCUT2D eigenvalue weighted by atomic mass is 35.5. The highest BCUT2D eigenvalue weighted by Crippen LogP contribution is 2.20. The summed E-state index contributed by atoms with van der Waals surface area (Å²) in [4.78, 5) is 7.71. The summed E-state index contributed by atoms with van der Waals surface area (Å²) in [6.07, 6.45) is 3.64. The molecule has 0 amide bonds. The number of H-pyrrole nitrogens is 1. The highest BCUT2D eigenvalue weighted by Gasteiger charge is 2.10. The van der Waals surface area contributed by atoms with Gasteiger partial charge >= 0.3 is 0 Å². The molecular weight excluding hydrogens is 258 g/mol. The molecule has 0 bridgehead atoms. The number of nitrogens with zero attached hydrogens (tertiary/aromatic N) is 1. The van der Waals surface area contributed by atoms with E-state index in [2.05, 4.69) is 23.8 Å². The van der Waals surface area contributed by atoms with Crippen molar-refractivity contribution in [1.82, 2.24) is 9.97 Å². The molecule has 0 fully saturated rings. The van der Waals surface area contributed by atoms with Crippen LogP contribution in [0.5, 0.6) is 0 Å². The average molecular weight is 278 g/mol. The zero-order valence-corrected chi connectivity index (χ0v) is 12.1. The molecule has 0 aliphatic rings. The molecule has 102 valence electrons. The van der Waals surface area contributed by atoms with Crippen LogP contribution in [0.1, 0.15) is 26.1 Å². The van der Waals surface area contributed by atoms with Crippen LogP contribution in [0.15, 0.2) is 30.5 Å². The van der Waals surface area contributed by atoms with Crippen LogP contribution in [0, 0.1) is 5.92 Å². The standard InChI is InChI=1S/C15H20ClN3/c1-10(2)7-13(17)8-15-18-9-14(19-15)11-3-5-12(16)6-4-11/h3-6,9-10,13H,7-8,17H2,1-2H3,(H,18,19)/t13-/m0/s1. The molecular formula is C15H20ClN3. The molecule has 0 aliphatic carbocycles. The summed E-state index contributed by atoms with van der Waals surface area (Å²) in [7, 11) is 0. The summed E-state index contributed by atoms with van der Waals surface area (Å²) < 4.78 is 0. The number of halogens is 1. The first-order valence-corrected chi connectivity index (χ1v) is 6.98. The molecule has 1 aromatic carbocycles. The van der Waals surface area contributed by atoms with Gasteiger partial charge in [0.05, 0.1) is 11.9 Å². The third-order valence-corrected chi connectivity index (χ3v) is 3.27. The Hall–Kier alpha value is -1.32. The van der Waals surface area contributed by atoms with Crippen LogP contribution in [-0.2, 0) is 6.42 Å². The van der Waals surface area contributed by atoms with Crippen molar-refractivity contribution < 1.29 is 0 Å². The SMILES string of the molecule is CC(C)C[C@H](N)Cc1ncc(-c2ccc(Cl)cc2)[nH]1. The van der Waals surface area contributed by atoms with Crippen LogP contribution in [-0.4, -0.2) is 16.0 Å². The average Bonchev–Trinajstić information content (AvgIpc) is 2.77. The molecule has 3 N–H and O–H groups in total. The van der Waals surface area contributed by atoms with Gasteiger partial charge in [0.15, 0.2) is 0 Å². The topological polar surface area (TPSA) is 54.7 Å². The highest BCUT2D eigenvalue weighted by molar-refractivity contribution is 6.30. The Morgan fingerprint density at radius 1 is 1.26 bits per heavy atom. The predicted molar refractivity (Wildman–Crippen MR) is 80.2 cm³/mol. The van der Waals surface area contributed by atoms with Crippen LogP contribution >= 0.6 is 11.6 Å². The lowest BCUT2D eigenvalue weighted by atomic mass is 10.0. The van der Waals surface area contributed by atoms with Crippen LogP contribution < -0.4 is 5.73 Å². The minimum atomic E-state index is 0.157. The van der Waals surface area contributed by atoms with E-state index in [1.807, 2.05) is 30.5 Å². The van der Waals surface area contributed by atoms with Gasteiger partial charge in [-0.15, -0.1) is 0 Å². The second kappa shape index (κ2) is 6.22. The molecule has 2 rings (SSSR count). The molecule has 0 saturated heterocycles. The van der Waals surface area contributed by atoms with Crippen molar-refractivity contribution in [2.24, 2.45) is 11.7 Å². The number of nitrogens with one attached hydrogen (secondary N) is 1. The van der Waals surface area contributed by atoms with E-state index in [0.717, 1.165) is 34.9 Å². The van der Waals surface area contributed by atoms with Gasteiger partial charge in [0.25, 0.3) is 0 Å². The van der Waals surface area contributed by atoms with Gasteiger partial charge < -0.3 is 10.7 Å². The molecule has 1 heterocycles. The second-order valence-electron chi connectivity index (χ2n) is 5.34. The first-order valence-electron chi connectivity index (χ1n) is 6.60. The van der Waals surface area contributed by atoms with Crippen molar-refractivity contribution in [1.29, 1.82) is 0 Å². The fourth-order valence-corrected chi connectivity index (χ4v) is 2.31. The lowest BCUT2D eigenvalue weighted by molar-refractivity contribution is 0.488. The van der Waals surface area contributed by atoms with Gasteiger partial charge in [-0.1, -0.05) is 37.6 Å². The molecule has 4 heteroatoms. The van der Waals surface area contributed by atoms with E-state index in [-0.39, 0.29) is 6.04 Å². The Morgan fingerprint density at radius 3 is 2.58 bits per heavy atom. The van der Waals surface area contributed by atoms with Crippen molar-refractivity contribution in [3.63, 3.8) is 0 Å². The van der Waals surface area contributed by atoms with Crippen LogP contribution in [0.3, 0.4) is 0 Å². The van der Waals surface area contributed by atoms with Crippen molar-refractivity contribution in [3.05, 3.63) is 41.3 Å². The Balaban J connectivity index is 2.04. The van der Waals surface area contributed by atoms with Crippen LogP contribution in [0.2, 0.25) is 5.02 Å². The summed E-state index contributed by atoms with van der Waals surface area (Å²) in [5.41, 5.74) is 8.18. The Morgan fingerprint density at radius 2 is 1.95 bits per heavy atom. The number of rotatable bonds is 5. The smallest absolute Gasteiger partial charge is 0.108 e. The number of aromatic amines is 1. The Kier molecular flexibility index (Phi) is 4.61. The lowest BCUT2D eigenvalue weighted by Crippen LogP contribution is -2.25. The lowest BCUT2D eigenvalue weighted by Gasteiger charge is -2.12. The molecule has 0 radical (unpaired) electrons. The maximum absolute atomic E-state index is 6.10. The van der Waals surface area contributed by atoms with E-state index in [9.17, 15) is 0 Å². The number of aromatic nitrogens is 2. The van der Waals surface area contributed by atoms with Crippen LogP contribution in [0.4, 0.5) is 0 Å². The van der Waals surface area contributed by atoms with E-state index in [1.54, 1.807) is 0 Å². The summed E-state index contributed by atoms with van der Waals surface area (Å²) >= 11 is 5.88. The van der Waals surface area contributed by atoms with Crippen molar-refractivity contribution in [3.8, 4) is 11.3 Å². The molecule has 2 aromatic rings. The third-order valence-electron chi connectivity index (χ3n) is 3.01. The molecule has 0 aliphatic heterocycles. The van der Waals surface area contributed by atoms with Crippen LogP contribution in [0.25, 0.3) is 11.3 Å². The number of hydrogen-bond donors (Lipinski definition) is 2. The number of imidazole rings is 1. The molecule has 19 heavy (non-hydrogen) atoms. The van der Waals surface area contributed by atoms with Gasteiger partial charge in [-0.2, -0.15) is 0 Å². The maximum atomic E-state index is 6.10. The van der Waals surface area contributed by atoms with Crippen molar-refractivity contribution in [2.75, 3.05) is 0 Å². The molecule has 1 aromatic heterocycles. The van der Waals surface area contributed by atoms with E-state index >= 15 is 0 Å². The van der Waals surface area contributed by atoms with Gasteiger partial charge in [0.2, 0.25) is 0 Å². The zero-order chi connectivity index (χ0) is 13.8. The molecule has 0 unspecified atom stereocenters. The van der Waals surface area contributed by atoms with Gasteiger partial charge in [-0.25, -0.2) is 4.98 Å². The number of nitrogens with two attached hydrogens (primary N) is 1. The summed E-state index contributed by atoms with van der Waals surface area (Å²) in [5.74, 6) is 1.55. The summed E-state index contributed by atoms with van der Waals surface area (Å²) in [6, 6.07) is 7.87. The quantitative estimate of drug-likeness (QED) is 0.876. The largest absolute Gasteiger partial charge is 0.342 e. The van der Waals surface area contributed by atoms with Gasteiger partial charge in [-0.05, 0) is 30.0 Å². The number of benzene rings is 1. The minimum absolute atomic E-state index is 0.157. The Bertz CT molecular complexity index is 516. The van der Waals surface area contributed by atoms with Crippen molar-refractivity contribution in [2.45, 2.75) is 32.7 Å². The van der Waals surface area contributed by atoms with E-state index in [0.29, 0.717) is 5.92 Å². The fraction of sp³-hybridized carbons (Fsp3) is 0.400. The normalized spacial score (nSPS) is 12.9. The first-order chi connectivity index (χ1) is 9.04. The molecule has 0 saturated carbocycles. The summed E-state index contributed by atoms with van der Waals surface area (Å²) in [5, 5.41) is 0.738. The van der Waals surface area contributed by atoms with Gasteiger partial charge in [-0.3, -0.25) is 0 Å². The van der Waals surface area contributed by atoms with E-state index in [4.69, 9.17) is 17.3 Å². The zero-order valence-electron chi connectivity index (χ0n) is 11.4. The third kappa shape index (κ3) is 4.08. The van der Waals surface area contributed by atoms with Crippen molar-refractivity contribution >= 4 is 11.6 Å².